The molecule has 0 atom stereocenters. The van der Waals surface area contributed by atoms with Crippen molar-refractivity contribution >= 4 is 5.95 Å². The lowest BCUT2D eigenvalue weighted by Crippen LogP contribution is -2.06. The van der Waals surface area contributed by atoms with Crippen LogP contribution in [0, 0.1) is 0 Å². The van der Waals surface area contributed by atoms with Crippen LogP contribution in [-0.4, -0.2) is 40.7 Å². The summed E-state index contributed by atoms with van der Waals surface area (Å²) in [6.45, 7) is 2.68. The number of methoxy groups -OCH3 is 2. The molecule has 2 aromatic heterocycles. The predicted octanol–water partition coefficient (Wildman–Crippen LogP) is 1.38. The van der Waals surface area contributed by atoms with Gasteiger partial charge in [0.25, 0.3) is 0 Å². The van der Waals surface area contributed by atoms with E-state index >= 15 is 0 Å². The molecule has 0 aliphatic rings. The van der Waals surface area contributed by atoms with E-state index < -0.39 is 0 Å². The monoisotopic (exact) mass is 261 g/mol. The van der Waals surface area contributed by atoms with Gasteiger partial charge in [0.15, 0.2) is 5.82 Å². The molecule has 0 aliphatic heterocycles. The summed E-state index contributed by atoms with van der Waals surface area (Å²) in [7, 11) is 3.08. The first-order chi connectivity index (χ1) is 9.26. The van der Waals surface area contributed by atoms with E-state index in [1.54, 1.807) is 19.4 Å². The Morgan fingerprint density at radius 1 is 1.11 bits per heavy atom. The fraction of sp³-hybridized carbons (Fsp3) is 0.333. The van der Waals surface area contributed by atoms with Crippen LogP contribution in [-0.2, 0) is 0 Å². The third-order valence-corrected chi connectivity index (χ3v) is 2.34. The van der Waals surface area contributed by atoms with Gasteiger partial charge < -0.3 is 14.8 Å². The van der Waals surface area contributed by atoms with Crippen molar-refractivity contribution in [2.75, 3.05) is 26.1 Å². The second-order valence-electron chi connectivity index (χ2n) is 3.59. The largest absolute Gasteiger partial charge is 0.481 e. The topological polar surface area (TPSA) is 82.1 Å². The Kier molecular flexibility index (Phi) is 4.07. The van der Waals surface area contributed by atoms with E-state index in [-0.39, 0.29) is 6.01 Å². The summed E-state index contributed by atoms with van der Waals surface area (Å²) in [6.07, 6.45) is 1.64. The van der Waals surface area contributed by atoms with Crippen molar-refractivity contribution in [1.82, 2.24) is 19.9 Å². The van der Waals surface area contributed by atoms with Gasteiger partial charge in [-0.25, -0.2) is 4.98 Å². The van der Waals surface area contributed by atoms with Crippen molar-refractivity contribution < 1.29 is 9.47 Å². The molecule has 0 unspecified atom stereocenters. The van der Waals surface area contributed by atoms with E-state index in [2.05, 4.69) is 25.3 Å². The van der Waals surface area contributed by atoms with Gasteiger partial charge in [-0.15, -0.1) is 0 Å². The zero-order chi connectivity index (χ0) is 13.7. The van der Waals surface area contributed by atoms with E-state index in [9.17, 15) is 0 Å². The molecule has 0 amide bonds. The summed E-state index contributed by atoms with van der Waals surface area (Å²) in [5.41, 5.74) is 0.764. The molecule has 0 radical (unpaired) electrons. The standard InChI is InChI=1S/C12H15N5O2/c1-4-13-11-15-10(16-12(17-11)19-3)8-5-6-9(18-2)14-7-8/h5-7H,4H2,1-3H3,(H,13,15,16,17). The van der Waals surface area contributed by atoms with Crippen molar-refractivity contribution in [3.05, 3.63) is 18.3 Å². The third-order valence-electron chi connectivity index (χ3n) is 2.34. The summed E-state index contributed by atoms with van der Waals surface area (Å²) in [5.74, 6) is 1.51. The molecule has 2 aromatic rings. The first-order valence-electron chi connectivity index (χ1n) is 5.81. The maximum absolute atomic E-state index is 5.06. The van der Waals surface area contributed by atoms with Crippen molar-refractivity contribution in [2.45, 2.75) is 6.92 Å². The van der Waals surface area contributed by atoms with Gasteiger partial charge >= 0.3 is 6.01 Å². The van der Waals surface area contributed by atoms with Crippen molar-refractivity contribution in [3.8, 4) is 23.3 Å². The van der Waals surface area contributed by atoms with Gasteiger partial charge in [0.2, 0.25) is 11.8 Å². The van der Waals surface area contributed by atoms with Crippen LogP contribution in [0.3, 0.4) is 0 Å². The van der Waals surface area contributed by atoms with E-state index in [0.29, 0.717) is 24.2 Å². The molecule has 0 saturated carbocycles. The Hall–Kier alpha value is -2.44. The normalized spacial score (nSPS) is 10.1. The van der Waals surface area contributed by atoms with Crippen LogP contribution < -0.4 is 14.8 Å². The maximum atomic E-state index is 5.06. The SMILES string of the molecule is CCNc1nc(OC)nc(-c2ccc(OC)nc2)n1. The molecule has 7 nitrogen and oxygen atoms in total. The van der Waals surface area contributed by atoms with Gasteiger partial charge in [-0.3, -0.25) is 0 Å². The zero-order valence-corrected chi connectivity index (χ0v) is 11.0. The maximum Gasteiger partial charge on any atom is 0.321 e. The summed E-state index contributed by atoms with van der Waals surface area (Å²) in [6, 6.07) is 3.84. The smallest absolute Gasteiger partial charge is 0.321 e. The Morgan fingerprint density at radius 2 is 1.95 bits per heavy atom. The van der Waals surface area contributed by atoms with Gasteiger partial charge in [0.05, 0.1) is 14.2 Å². The van der Waals surface area contributed by atoms with Crippen LogP contribution in [0.1, 0.15) is 6.92 Å². The van der Waals surface area contributed by atoms with Gasteiger partial charge in [0, 0.05) is 24.4 Å². The van der Waals surface area contributed by atoms with Crippen molar-refractivity contribution in [2.24, 2.45) is 0 Å². The van der Waals surface area contributed by atoms with E-state index in [1.165, 1.54) is 7.11 Å². The molecule has 19 heavy (non-hydrogen) atoms. The highest BCUT2D eigenvalue weighted by atomic mass is 16.5. The number of ether oxygens (including phenoxy) is 2. The second kappa shape index (κ2) is 5.94. The van der Waals surface area contributed by atoms with E-state index in [4.69, 9.17) is 9.47 Å². The lowest BCUT2D eigenvalue weighted by molar-refractivity contribution is 0.379. The summed E-state index contributed by atoms with van der Waals surface area (Å²) in [4.78, 5) is 16.7. The van der Waals surface area contributed by atoms with Gasteiger partial charge in [0.1, 0.15) is 0 Å². The fourth-order valence-electron chi connectivity index (χ4n) is 1.45. The zero-order valence-electron chi connectivity index (χ0n) is 11.0. The number of anilines is 1. The van der Waals surface area contributed by atoms with Gasteiger partial charge in [-0.2, -0.15) is 15.0 Å². The Morgan fingerprint density at radius 3 is 2.53 bits per heavy atom. The average molecular weight is 261 g/mol. The quantitative estimate of drug-likeness (QED) is 0.870. The van der Waals surface area contributed by atoms with Crippen molar-refractivity contribution in [1.29, 1.82) is 0 Å². The molecular formula is C12H15N5O2. The summed E-state index contributed by atoms with van der Waals surface area (Å²) < 4.78 is 10.1. The molecule has 0 aliphatic carbocycles. The van der Waals surface area contributed by atoms with Crippen LogP contribution in [0.5, 0.6) is 11.9 Å². The van der Waals surface area contributed by atoms with Crippen LogP contribution in [0.25, 0.3) is 11.4 Å². The molecule has 0 saturated heterocycles. The second-order valence-corrected chi connectivity index (χ2v) is 3.59. The molecule has 2 rings (SSSR count). The number of hydrogen-bond donors (Lipinski definition) is 1. The van der Waals surface area contributed by atoms with Gasteiger partial charge in [-0.1, -0.05) is 0 Å². The highest BCUT2D eigenvalue weighted by molar-refractivity contribution is 5.55. The molecule has 100 valence electrons. The lowest BCUT2D eigenvalue weighted by Gasteiger charge is -2.07. The van der Waals surface area contributed by atoms with Crippen LogP contribution >= 0.6 is 0 Å². The first kappa shape index (κ1) is 13.0. The molecule has 2 heterocycles. The van der Waals surface area contributed by atoms with Gasteiger partial charge in [-0.05, 0) is 13.0 Å². The molecule has 0 spiro atoms. The van der Waals surface area contributed by atoms with Crippen LogP contribution in [0.4, 0.5) is 5.95 Å². The predicted molar refractivity (Wildman–Crippen MR) is 70.3 cm³/mol. The summed E-state index contributed by atoms with van der Waals surface area (Å²) in [5, 5.41) is 3.03. The average Bonchev–Trinajstić information content (AvgIpc) is 2.47. The first-order valence-corrected chi connectivity index (χ1v) is 5.81. The molecule has 1 N–H and O–H groups in total. The number of nitrogens with one attached hydrogen (secondary N) is 1. The third kappa shape index (κ3) is 3.06. The highest BCUT2D eigenvalue weighted by Crippen LogP contribution is 2.19. The summed E-state index contributed by atoms with van der Waals surface area (Å²) >= 11 is 0. The number of hydrogen-bond acceptors (Lipinski definition) is 7. The Balaban J connectivity index is 2.38. The lowest BCUT2D eigenvalue weighted by atomic mass is 10.3. The Labute approximate surface area is 111 Å². The van der Waals surface area contributed by atoms with Crippen LogP contribution in [0.15, 0.2) is 18.3 Å². The van der Waals surface area contributed by atoms with E-state index in [1.807, 2.05) is 13.0 Å². The molecule has 0 fully saturated rings. The minimum atomic E-state index is 0.261. The highest BCUT2D eigenvalue weighted by Gasteiger charge is 2.09. The number of aromatic nitrogens is 4. The molecular weight excluding hydrogens is 246 g/mol. The Bertz CT molecular complexity index is 544. The van der Waals surface area contributed by atoms with Crippen LogP contribution in [0.2, 0.25) is 0 Å². The number of rotatable bonds is 5. The number of nitrogens with zero attached hydrogens (tertiary/aromatic N) is 4. The fourth-order valence-corrected chi connectivity index (χ4v) is 1.45. The molecule has 0 bridgehead atoms. The molecule has 0 aromatic carbocycles. The van der Waals surface area contributed by atoms with Crippen molar-refractivity contribution in [3.63, 3.8) is 0 Å². The van der Waals surface area contributed by atoms with E-state index in [0.717, 1.165) is 5.56 Å². The molecule has 7 heteroatoms. The minimum absolute atomic E-state index is 0.261. The number of pyridine rings is 1. The minimum Gasteiger partial charge on any atom is -0.481 e.